The minimum atomic E-state index is -0.941. The highest BCUT2D eigenvalue weighted by molar-refractivity contribution is 6.01. The standard InChI is InChI=1S/C19H24N2O4/c22-17(10-13-6-2-1-3-7-13)20-11-18(23)21-12-15(19(24)25)14-8-4-5-9-16(14)21/h4-5,8-9,13,15H,1-3,6-7,10-12H2,(H,20,22)(H,24,25). The lowest BCUT2D eigenvalue weighted by Gasteiger charge is -2.21. The van der Waals surface area contributed by atoms with E-state index >= 15 is 0 Å². The molecule has 134 valence electrons. The molecule has 2 N–H and O–H groups in total. The lowest BCUT2D eigenvalue weighted by molar-refractivity contribution is -0.138. The van der Waals surface area contributed by atoms with Gasteiger partial charge in [-0.3, -0.25) is 14.4 Å². The molecule has 1 aromatic carbocycles. The minimum Gasteiger partial charge on any atom is -0.481 e. The van der Waals surface area contributed by atoms with Gasteiger partial charge < -0.3 is 15.3 Å². The first-order valence-corrected chi connectivity index (χ1v) is 8.95. The average molecular weight is 344 g/mol. The predicted molar refractivity (Wildman–Crippen MR) is 93.4 cm³/mol. The summed E-state index contributed by atoms with van der Waals surface area (Å²) >= 11 is 0. The van der Waals surface area contributed by atoms with Crippen LogP contribution in [0.25, 0.3) is 0 Å². The van der Waals surface area contributed by atoms with E-state index < -0.39 is 11.9 Å². The molecule has 1 aliphatic heterocycles. The molecule has 0 bridgehead atoms. The largest absolute Gasteiger partial charge is 0.481 e. The molecule has 2 amide bonds. The lowest BCUT2D eigenvalue weighted by Crippen LogP contribution is -2.40. The normalized spacial score (nSPS) is 20.2. The van der Waals surface area contributed by atoms with Crippen LogP contribution in [0.3, 0.4) is 0 Å². The number of aliphatic carboxylic acids is 1. The Morgan fingerprint density at radius 3 is 2.56 bits per heavy atom. The zero-order chi connectivity index (χ0) is 17.8. The molecule has 0 radical (unpaired) electrons. The number of carboxylic acid groups (broad SMARTS) is 1. The molecule has 2 aliphatic rings. The number of anilines is 1. The summed E-state index contributed by atoms with van der Waals surface area (Å²) in [7, 11) is 0. The number of hydrogen-bond acceptors (Lipinski definition) is 3. The van der Waals surface area contributed by atoms with E-state index in [2.05, 4.69) is 5.32 Å². The van der Waals surface area contributed by atoms with Crippen LogP contribution >= 0.6 is 0 Å². The second-order valence-corrected chi connectivity index (χ2v) is 6.94. The lowest BCUT2D eigenvalue weighted by atomic mass is 9.87. The number of benzene rings is 1. The molecule has 25 heavy (non-hydrogen) atoms. The fraction of sp³-hybridized carbons (Fsp3) is 0.526. The van der Waals surface area contributed by atoms with Gasteiger partial charge in [-0.1, -0.05) is 37.5 Å². The van der Waals surface area contributed by atoms with E-state index in [-0.39, 0.29) is 24.9 Å². The van der Waals surface area contributed by atoms with Crippen LogP contribution in [0, 0.1) is 5.92 Å². The van der Waals surface area contributed by atoms with E-state index in [1.807, 2.05) is 0 Å². The van der Waals surface area contributed by atoms with Crippen LogP contribution in [0.1, 0.15) is 50.0 Å². The topological polar surface area (TPSA) is 86.7 Å². The molecule has 1 atom stereocenters. The summed E-state index contributed by atoms with van der Waals surface area (Å²) in [5.41, 5.74) is 1.28. The fourth-order valence-corrected chi connectivity index (χ4v) is 3.85. The Morgan fingerprint density at radius 1 is 1.12 bits per heavy atom. The number of carbonyl (C=O) groups excluding carboxylic acids is 2. The van der Waals surface area contributed by atoms with Gasteiger partial charge in [-0.2, -0.15) is 0 Å². The Morgan fingerprint density at radius 2 is 1.84 bits per heavy atom. The Balaban J connectivity index is 1.56. The number of carbonyl (C=O) groups is 3. The van der Waals surface area contributed by atoms with E-state index in [9.17, 15) is 19.5 Å². The van der Waals surface area contributed by atoms with E-state index in [0.717, 1.165) is 12.8 Å². The smallest absolute Gasteiger partial charge is 0.312 e. The third-order valence-corrected chi connectivity index (χ3v) is 5.20. The SMILES string of the molecule is O=C(CC1CCCCC1)NCC(=O)N1CC(C(=O)O)c2ccccc21. The van der Waals surface area contributed by atoms with Gasteiger partial charge in [0, 0.05) is 18.7 Å². The van der Waals surface area contributed by atoms with Crippen LogP contribution in [0.2, 0.25) is 0 Å². The molecule has 1 aromatic rings. The second kappa shape index (κ2) is 7.68. The summed E-state index contributed by atoms with van der Waals surface area (Å²) in [6, 6.07) is 7.04. The van der Waals surface area contributed by atoms with E-state index in [1.165, 1.54) is 24.2 Å². The van der Waals surface area contributed by atoms with Gasteiger partial charge in [-0.25, -0.2) is 0 Å². The number of carboxylic acids is 1. The van der Waals surface area contributed by atoms with Crippen molar-refractivity contribution in [1.82, 2.24) is 5.32 Å². The summed E-state index contributed by atoms with van der Waals surface area (Å²) in [6.45, 7) is 0.0260. The molecule has 1 unspecified atom stereocenters. The molecule has 0 saturated heterocycles. The Kier molecular flexibility index (Phi) is 5.36. The van der Waals surface area contributed by atoms with Gasteiger partial charge in [0.2, 0.25) is 11.8 Å². The van der Waals surface area contributed by atoms with Crippen molar-refractivity contribution in [3.8, 4) is 0 Å². The van der Waals surface area contributed by atoms with Crippen molar-refractivity contribution in [3.05, 3.63) is 29.8 Å². The Hall–Kier alpha value is -2.37. The maximum absolute atomic E-state index is 12.5. The number of nitrogens with one attached hydrogen (secondary N) is 1. The van der Waals surface area contributed by atoms with Gasteiger partial charge in [-0.05, 0) is 30.4 Å². The minimum absolute atomic E-state index is 0.0910. The summed E-state index contributed by atoms with van der Waals surface area (Å²) in [5, 5.41) is 12.1. The van der Waals surface area contributed by atoms with Crippen LogP contribution < -0.4 is 10.2 Å². The number of hydrogen-bond donors (Lipinski definition) is 2. The molecule has 1 heterocycles. The van der Waals surface area contributed by atoms with Gasteiger partial charge in [0.25, 0.3) is 0 Å². The van der Waals surface area contributed by atoms with E-state index in [0.29, 0.717) is 23.6 Å². The van der Waals surface area contributed by atoms with E-state index in [1.54, 1.807) is 24.3 Å². The highest BCUT2D eigenvalue weighted by Crippen LogP contribution is 2.36. The molecule has 1 fully saturated rings. The van der Waals surface area contributed by atoms with Gasteiger partial charge in [0.15, 0.2) is 0 Å². The predicted octanol–water partition coefficient (Wildman–Crippen LogP) is 2.29. The molecular weight excluding hydrogens is 320 g/mol. The maximum Gasteiger partial charge on any atom is 0.312 e. The molecule has 0 spiro atoms. The first kappa shape index (κ1) is 17.5. The molecule has 1 aliphatic carbocycles. The van der Waals surface area contributed by atoms with Crippen LogP contribution in [0.5, 0.6) is 0 Å². The summed E-state index contributed by atoms with van der Waals surface area (Å²) in [5.74, 6) is -1.59. The molecule has 3 rings (SSSR count). The summed E-state index contributed by atoms with van der Waals surface area (Å²) < 4.78 is 0. The number of rotatable bonds is 5. The Labute approximate surface area is 147 Å². The van der Waals surface area contributed by atoms with Crippen molar-refractivity contribution in [2.75, 3.05) is 18.0 Å². The third-order valence-electron chi connectivity index (χ3n) is 5.20. The van der Waals surface area contributed by atoms with Crippen molar-refractivity contribution in [3.63, 3.8) is 0 Å². The Bertz CT molecular complexity index is 667. The number of nitrogens with zero attached hydrogens (tertiary/aromatic N) is 1. The van der Waals surface area contributed by atoms with Gasteiger partial charge in [-0.15, -0.1) is 0 Å². The third kappa shape index (κ3) is 4.00. The van der Waals surface area contributed by atoms with E-state index in [4.69, 9.17) is 0 Å². The van der Waals surface area contributed by atoms with Gasteiger partial charge >= 0.3 is 5.97 Å². The molecule has 1 saturated carbocycles. The van der Waals surface area contributed by atoms with Crippen LogP contribution in [-0.2, 0) is 14.4 Å². The van der Waals surface area contributed by atoms with Crippen molar-refractivity contribution in [2.24, 2.45) is 5.92 Å². The van der Waals surface area contributed by atoms with Crippen molar-refractivity contribution >= 4 is 23.5 Å². The van der Waals surface area contributed by atoms with Gasteiger partial charge in [0.05, 0.1) is 6.54 Å². The number of para-hydroxylation sites is 1. The quantitative estimate of drug-likeness (QED) is 0.858. The van der Waals surface area contributed by atoms with Crippen molar-refractivity contribution in [1.29, 1.82) is 0 Å². The average Bonchev–Trinajstić information content (AvgIpc) is 3.00. The summed E-state index contributed by atoms with van der Waals surface area (Å²) in [4.78, 5) is 37.4. The number of fused-ring (bicyclic) bond motifs is 1. The molecule has 0 aromatic heterocycles. The highest BCUT2D eigenvalue weighted by Gasteiger charge is 2.36. The van der Waals surface area contributed by atoms with Crippen LogP contribution in [0.15, 0.2) is 24.3 Å². The van der Waals surface area contributed by atoms with Crippen LogP contribution in [0.4, 0.5) is 5.69 Å². The molecular formula is C19H24N2O4. The summed E-state index contributed by atoms with van der Waals surface area (Å²) in [6.07, 6.45) is 6.25. The van der Waals surface area contributed by atoms with Crippen molar-refractivity contribution in [2.45, 2.75) is 44.4 Å². The van der Waals surface area contributed by atoms with Gasteiger partial charge in [0.1, 0.15) is 5.92 Å². The zero-order valence-corrected chi connectivity index (χ0v) is 14.2. The number of amides is 2. The fourth-order valence-electron chi connectivity index (χ4n) is 3.85. The van der Waals surface area contributed by atoms with Crippen LogP contribution in [-0.4, -0.2) is 36.0 Å². The molecule has 6 heteroatoms. The zero-order valence-electron chi connectivity index (χ0n) is 14.2. The maximum atomic E-state index is 12.5. The monoisotopic (exact) mass is 344 g/mol. The first-order chi connectivity index (χ1) is 12.1. The second-order valence-electron chi connectivity index (χ2n) is 6.94. The van der Waals surface area contributed by atoms with Crippen molar-refractivity contribution < 1.29 is 19.5 Å². The molecule has 6 nitrogen and oxygen atoms in total. The highest BCUT2D eigenvalue weighted by atomic mass is 16.4. The first-order valence-electron chi connectivity index (χ1n) is 8.95.